The van der Waals surface area contributed by atoms with Crippen LogP contribution in [0.3, 0.4) is 0 Å². The average Bonchev–Trinajstić information content (AvgIpc) is 2.61. The molecule has 0 aromatic heterocycles. The van der Waals surface area contributed by atoms with E-state index in [-0.39, 0.29) is 28.5 Å². The Balaban J connectivity index is 2.23. The molecule has 0 heterocycles. The largest absolute Gasteiger partial charge is 0.516 e. The summed E-state index contributed by atoms with van der Waals surface area (Å²) >= 11 is 5.81. The van der Waals surface area contributed by atoms with Gasteiger partial charge in [0.2, 0.25) is 0 Å². The number of nitrogens with one attached hydrogen (secondary N) is 1. The molecule has 0 aliphatic rings. The second-order valence-electron chi connectivity index (χ2n) is 5.89. The van der Waals surface area contributed by atoms with Crippen LogP contribution in [-0.2, 0) is 27.6 Å². The van der Waals surface area contributed by atoms with Crippen LogP contribution in [0.2, 0.25) is 5.02 Å². The smallest absolute Gasteiger partial charge is 0.391 e. The zero-order valence-corrected chi connectivity index (χ0v) is 16.5. The molecule has 2 rings (SSSR count). The fourth-order valence-electron chi connectivity index (χ4n) is 2.20. The van der Waals surface area contributed by atoms with Gasteiger partial charge in [0.1, 0.15) is 6.61 Å². The molecule has 0 aliphatic carbocycles. The first kappa shape index (κ1) is 23.8. The molecule has 1 N–H and O–H groups in total. The predicted molar refractivity (Wildman–Crippen MR) is 98.5 cm³/mol. The first-order valence-electron chi connectivity index (χ1n) is 7.92. The normalized spacial score (nSPS) is 13.3. The van der Waals surface area contributed by atoms with Crippen molar-refractivity contribution >= 4 is 33.0 Å². The van der Waals surface area contributed by atoms with Gasteiger partial charge in [-0.05, 0) is 42.8 Å². The van der Waals surface area contributed by atoms with Crippen LogP contribution in [0, 0.1) is 0 Å². The molecule has 0 aliphatic heterocycles. The van der Waals surface area contributed by atoms with Crippen molar-refractivity contribution in [1.29, 1.82) is 0 Å². The standard InChI is InChI=1S/C17H13ClF6N2O3S/c1-10(25-29-9-11-3-2-4-12(7-11)16(19,20)21)14-8-13(18)5-6-15(14)26-30(27,28)17(22,23)24/h2-8,26H,9H2,1H3/b25-10+. The quantitative estimate of drug-likeness (QED) is 0.338. The maximum absolute atomic E-state index is 12.7. The number of nitrogens with zero attached hydrogens (tertiary/aromatic N) is 1. The number of rotatable bonds is 6. The van der Waals surface area contributed by atoms with Gasteiger partial charge in [-0.3, -0.25) is 4.72 Å². The lowest BCUT2D eigenvalue weighted by Gasteiger charge is -2.14. The van der Waals surface area contributed by atoms with E-state index >= 15 is 0 Å². The third kappa shape index (κ3) is 6.02. The summed E-state index contributed by atoms with van der Waals surface area (Å²) in [6, 6.07) is 7.60. The van der Waals surface area contributed by atoms with Crippen LogP contribution in [0.4, 0.5) is 32.0 Å². The van der Waals surface area contributed by atoms with Gasteiger partial charge >= 0.3 is 21.7 Å². The molecular weight excluding hydrogens is 462 g/mol. The fraction of sp³-hybridized carbons (Fsp3) is 0.235. The number of hydrogen-bond donors (Lipinski definition) is 1. The number of halogens is 7. The van der Waals surface area contributed by atoms with E-state index in [1.807, 2.05) is 0 Å². The van der Waals surface area contributed by atoms with E-state index in [0.29, 0.717) is 0 Å². The van der Waals surface area contributed by atoms with Gasteiger partial charge in [0.15, 0.2) is 0 Å². The van der Waals surface area contributed by atoms with Gasteiger partial charge in [0.05, 0.1) is 17.0 Å². The molecule has 2 aromatic carbocycles. The Morgan fingerprint density at radius 2 is 1.77 bits per heavy atom. The minimum atomic E-state index is -5.70. The molecule has 0 saturated carbocycles. The van der Waals surface area contributed by atoms with Crippen LogP contribution in [-0.4, -0.2) is 19.6 Å². The third-order valence-corrected chi connectivity index (χ3v) is 4.94. The lowest BCUT2D eigenvalue weighted by molar-refractivity contribution is -0.137. The molecular formula is C17H13ClF6N2O3S. The summed E-state index contributed by atoms with van der Waals surface area (Å²) in [5, 5.41) is 3.71. The summed E-state index contributed by atoms with van der Waals surface area (Å²) in [7, 11) is -5.70. The molecule has 13 heteroatoms. The maximum atomic E-state index is 12.7. The predicted octanol–water partition coefficient (Wildman–Crippen LogP) is 5.56. The van der Waals surface area contributed by atoms with Crippen molar-refractivity contribution < 1.29 is 39.6 Å². The minimum Gasteiger partial charge on any atom is -0.391 e. The number of sulfonamides is 1. The van der Waals surface area contributed by atoms with E-state index in [1.54, 1.807) is 0 Å². The van der Waals surface area contributed by atoms with Gasteiger partial charge in [0.25, 0.3) is 0 Å². The van der Waals surface area contributed by atoms with Crippen LogP contribution in [0.15, 0.2) is 47.6 Å². The molecule has 0 amide bonds. The van der Waals surface area contributed by atoms with Crippen molar-refractivity contribution in [3.63, 3.8) is 0 Å². The zero-order valence-electron chi connectivity index (χ0n) is 15.0. The van der Waals surface area contributed by atoms with E-state index in [2.05, 4.69) is 5.16 Å². The second kappa shape index (κ2) is 8.72. The van der Waals surface area contributed by atoms with Crippen molar-refractivity contribution in [1.82, 2.24) is 0 Å². The summed E-state index contributed by atoms with van der Waals surface area (Å²) in [5.41, 5.74) is -6.92. The average molecular weight is 475 g/mol. The number of benzene rings is 2. The van der Waals surface area contributed by atoms with Crippen LogP contribution >= 0.6 is 11.6 Å². The van der Waals surface area contributed by atoms with E-state index in [0.717, 1.165) is 30.3 Å². The molecule has 2 aromatic rings. The summed E-state index contributed by atoms with van der Waals surface area (Å²) in [6.07, 6.45) is -4.54. The van der Waals surface area contributed by atoms with E-state index in [9.17, 15) is 34.8 Å². The van der Waals surface area contributed by atoms with E-state index < -0.39 is 33.0 Å². The van der Waals surface area contributed by atoms with Crippen molar-refractivity contribution in [3.8, 4) is 0 Å². The Labute approximate surface area is 172 Å². The van der Waals surface area contributed by atoms with Crippen molar-refractivity contribution in [3.05, 3.63) is 64.2 Å². The van der Waals surface area contributed by atoms with Crippen LogP contribution in [0.5, 0.6) is 0 Å². The highest BCUT2D eigenvalue weighted by atomic mass is 35.5. The van der Waals surface area contributed by atoms with Crippen molar-refractivity contribution in [2.75, 3.05) is 4.72 Å². The Morgan fingerprint density at radius 1 is 1.10 bits per heavy atom. The second-order valence-corrected chi connectivity index (χ2v) is 8.00. The van der Waals surface area contributed by atoms with Gasteiger partial charge in [-0.1, -0.05) is 28.9 Å². The lowest BCUT2D eigenvalue weighted by Crippen LogP contribution is -2.30. The molecule has 0 unspecified atom stereocenters. The van der Waals surface area contributed by atoms with Crippen molar-refractivity contribution in [2.45, 2.75) is 25.2 Å². The van der Waals surface area contributed by atoms with E-state index in [1.165, 1.54) is 23.8 Å². The fourth-order valence-corrected chi connectivity index (χ4v) is 2.95. The maximum Gasteiger partial charge on any atom is 0.516 e. The first-order valence-corrected chi connectivity index (χ1v) is 9.78. The van der Waals surface area contributed by atoms with Crippen LogP contribution in [0.1, 0.15) is 23.6 Å². The highest BCUT2D eigenvalue weighted by Crippen LogP contribution is 2.30. The third-order valence-electron chi connectivity index (χ3n) is 3.61. The molecule has 0 spiro atoms. The Bertz CT molecular complexity index is 1050. The Morgan fingerprint density at radius 3 is 2.37 bits per heavy atom. The summed E-state index contributed by atoms with van der Waals surface area (Å²) in [6.45, 7) is 0.925. The number of hydrogen-bond acceptors (Lipinski definition) is 4. The van der Waals surface area contributed by atoms with Gasteiger partial charge in [-0.15, -0.1) is 0 Å². The van der Waals surface area contributed by atoms with Crippen molar-refractivity contribution in [2.24, 2.45) is 5.16 Å². The van der Waals surface area contributed by atoms with Crippen LogP contribution in [0.25, 0.3) is 0 Å². The lowest BCUT2D eigenvalue weighted by atomic mass is 10.1. The van der Waals surface area contributed by atoms with Gasteiger partial charge < -0.3 is 4.84 Å². The molecule has 30 heavy (non-hydrogen) atoms. The molecule has 5 nitrogen and oxygen atoms in total. The SMILES string of the molecule is C/C(=N\OCc1cccc(C(F)(F)F)c1)c1cc(Cl)ccc1NS(=O)(=O)C(F)(F)F. The summed E-state index contributed by atoms with van der Waals surface area (Å²) in [5.74, 6) is 0. The topological polar surface area (TPSA) is 67.8 Å². The Kier molecular flexibility index (Phi) is 6.92. The summed E-state index contributed by atoms with van der Waals surface area (Å²) in [4.78, 5) is 4.97. The zero-order chi connectivity index (χ0) is 22.7. The molecule has 0 atom stereocenters. The minimum absolute atomic E-state index is 0.0654. The molecule has 164 valence electrons. The monoisotopic (exact) mass is 474 g/mol. The molecule has 0 fully saturated rings. The Hall–Kier alpha value is -2.47. The number of alkyl halides is 6. The highest BCUT2D eigenvalue weighted by Gasteiger charge is 2.46. The number of oxime groups is 1. The highest BCUT2D eigenvalue weighted by molar-refractivity contribution is 7.93. The summed E-state index contributed by atoms with van der Waals surface area (Å²) < 4.78 is 100. The van der Waals surface area contributed by atoms with Gasteiger partial charge in [0, 0.05) is 10.6 Å². The van der Waals surface area contributed by atoms with Gasteiger partial charge in [-0.25, -0.2) is 0 Å². The van der Waals surface area contributed by atoms with Gasteiger partial charge in [-0.2, -0.15) is 34.8 Å². The number of anilines is 1. The van der Waals surface area contributed by atoms with Crippen LogP contribution < -0.4 is 4.72 Å². The first-order chi connectivity index (χ1) is 13.7. The molecule has 0 bridgehead atoms. The van der Waals surface area contributed by atoms with E-state index in [4.69, 9.17) is 16.4 Å². The molecule has 0 radical (unpaired) electrons. The molecule has 0 saturated heterocycles.